The van der Waals surface area contributed by atoms with Crippen molar-refractivity contribution in [3.8, 4) is 5.88 Å². The lowest BCUT2D eigenvalue weighted by atomic mass is 10.3. The molecule has 0 saturated carbocycles. The Bertz CT molecular complexity index is 354. The van der Waals surface area contributed by atoms with Crippen molar-refractivity contribution in [2.24, 2.45) is 0 Å². The van der Waals surface area contributed by atoms with Crippen molar-refractivity contribution in [1.29, 1.82) is 0 Å². The van der Waals surface area contributed by atoms with Crippen LogP contribution in [0.2, 0.25) is 0 Å². The molecule has 0 fully saturated rings. The average Bonchev–Trinajstić information content (AvgIpc) is 2.28. The van der Waals surface area contributed by atoms with Crippen LogP contribution in [0.1, 0.15) is 13.8 Å². The summed E-state index contributed by atoms with van der Waals surface area (Å²) in [5.41, 5.74) is 6.39. The molecule has 0 aliphatic rings. The summed E-state index contributed by atoms with van der Waals surface area (Å²) in [4.78, 5) is 6.47. The Balaban J connectivity index is 2.80. The fourth-order valence-electron chi connectivity index (χ4n) is 1.37. The molecule has 5 heteroatoms. The summed E-state index contributed by atoms with van der Waals surface area (Å²) in [5.74, 6) is 1.37. The number of nitrogens with zero attached hydrogens (tertiary/aromatic N) is 2. The maximum absolute atomic E-state index is 5.82. The molecule has 0 saturated heterocycles. The molecular weight excluding hydrogens is 216 g/mol. The van der Waals surface area contributed by atoms with E-state index in [0.717, 1.165) is 18.9 Å². The van der Waals surface area contributed by atoms with Crippen LogP contribution in [0.15, 0.2) is 12.1 Å². The smallest absolute Gasteiger partial charge is 0.239 e. The number of pyridine rings is 1. The molecular formula is C12H22N4O. The maximum atomic E-state index is 5.82. The number of aromatic nitrogens is 1. The number of nitrogens with two attached hydrogens (primary N) is 1. The molecule has 0 aromatic carbocycles. The van der Waals surface area contributed by atoms with Crippen LogP contribution in [0.25, 0.3) is 0 Å². The van der Waals surface area contributed by atoms with Crippen LogP contribution in [-0.2, 0) is 0 Å². The molecule has 1 aromatic heterocycles. The third-order valence-corrected chi connectivity index (χ3v) is 2.31. The average molecular weight is 238 g/mol. The molecule has 0 aliphatic carbocycles. The van der Waals surface area contributed by atoms with Gasteiger partial charge in [0.1, 0.15) is 5.82 Å². The van der Waals surface area contributed by atoms with Crippen LogP contribution in [0.5, 0.6) is 5.88 Å². The minimum absolute atomic E-state index is 0.0719. The first-order valence-corrected chi connectivity index (χ1v) is 5.83. The van der Waals surface area contributed by atoms with Gasteiger partial charge in [-0.2, -0.15) is 4.98 Å². The van der Waals surface area contributed by atoms with E-state index in [-0.39, 0.29) is 6.10 Å². The van der Waals surface area contributed by atoms with Gasteiger partial charge in [-0.15, -0.1) is 0 Å². The molecule has 1 rings (SSSR count). The Morgan fingerprint density at radius 1 is 1.47 bits per heavy atom. The van der Waals surface area contributed by atoms with Gasteiger partial charge < -0.3 is 20.7 Å². The van der Waals surface area contributed by atoms with Gasteiger partial charge in [-0.05, 0) is 33.0 Å². The summed E-state index contributed by atoms with van der Waals surface area (Å²) in [6.45, 7) is 5.70. The number of nitrogens with one attached hydrogen (secondary N) is 1. The van der Waals surface area contributed by atoms with Crippen molar-refractivity contribution >= 4 is 11.5 Å². The zero-order valence-electron chi connectivity index (χ0n) is 11.0. The fraction of sp³-hybridized carbons (Fsp3) is 0.583. The Hall–Kier alpha value is -1.49. The number of rotatable bonds is 6. The van der Waals surface area contributed by atoms with Gasteiger partial charge in [-0.1, -0.05) is 0 Å². The van der Waals surface area contributed by atoms with E-state index >= 15 is 0 Å². The van der Waals surface area contributed by atoms with Gasteiger partial charge >= 0.3 is 0 Å². The van der Waals surface area contributed by atoms with E-state index in [4.69, 9.17) is 10.5 Å². The largest absolute Gasteiger partial charge is 0.473 e. The molecule has 17 heavy (non-hydrogen) atoms. The van der Waals surface area contributed by atoms with E-state index in [0.29, 0.717) is 11.6 Å². The molecule has 0 aliphatic heterocycles. The van der Waals surface area contributed by atoms with Crippen molar-refractivity contribution in [2.75, 3.05) is 37.8 Å². The Morgan fingerprint density at radius 2 is 2.18 bits per heavy atom. The summed E-state index contributed by atoms with van der Waals surface area (Å²) >= 11 is 0. The van der Waals surface area contributed by atoms with E-state index in [1.54, 1.807) is 0 Å². The molecule has 0 bridgehead atoms. The van der Waals surface area contributed by atoms with Gasteiger partial charge in [0.2, 0.25) is 5.88 Å². The van der Waals surface area contributed by atoms with Gasteiger partial charge in [0.25, 0.3) is 0 Å². The molecule has 5 nitrogen and oxygen atoms in total. The van der Waals surface area contributed by atoms with Gasteiger partial charge in [-0.25, -0.2) is 0 Å². The topological polar surface area (TPSA) is 63.4 Å². The lowest BCUT2D eigenvalue weighted by Gasteiger charge is -2.19. The van der Waals surface area contributed by atoms with Crippen molar-refractivity contribution < 1.29 is 4.74 Å². The molecule has 0 atom stereocenters. The fourth-order valence-corrected chi connectivity index (χ4v) is 1.37. The van der Waals surface area contributed by atoms with Crippen molar-refractivity contribution in [3.63, 3.8) is 0 Å². The molecule has 3 N–H and O–H groups in total. The van der Waals surface area contributed by atoms with Crippen molar-refractivity contribution in [1.82, 2.24) is 10.3 Å². The van der Waals surface area contributed by atoms with Gasteiger partial charge in [0.15, 0.2) is 0 Å². The summed E-state index contributed by atoms with van der Waals surface area (Å²) in [7, 11) is 3.92. The first-order chi connectivity index (χ1) is 8.04. The van der Waals surface area contributed by atoms with Gasteiger partial charge in [0.05, 0.1) is 11.8 Å². The number of likely N-dealkylation sites (N-methyl/N-ethyl adjacent to an activating group) is 2. The van der Waals surface area contributed by atoms with Crippen LogP contribution >= 0.6 is 0 Å². The van der Waals surface area contributed by atoms with E-state index in [9.17, 15) is 0 Å². The summed E-state index contributed by atoms with van der Waals surface area (Å²) in [6, 6.07) is 3.73. The Labute approximate surface area is 103 Å². The first kappa shape index (κ1) is 13.6. The standard InChI is InChI=1S/C12H22N4O/c1-9(2)17-12-10(13)5-6-11(15-12)16(4)8-7-14-3/h5-6,9,14H,7-8,13H2,1-4H3. The highest BCUT2D eigenvalue weighted by Gasteiger charge is 2.08. The SMILES string of the molecule is CNCCN(C)c1ccc(N)c(OC(C)C)n1. The lowest BCUT2D eigenvalue weighted by Crippen LogP contribution is -2.27. The third kappa shape index (κ3) is 4.11. The molecule has 96 valence electrons. The van der Waals surface area contributed by atoms with E-state index < -0.39 is 0 Å². The van der Waals surface area contributed by atoms with Crippen LogP contribution in [0, 0.1) is 0 Å². The van der Waals surface area contributed by atoms with E-state index in [2.05, 4.69) is 15.2 Å². The van der Waals surface area contributed by atoms with Crippen molar-refractivity contribution in [2.45, 2.75) is 20.0 Å². The monoisotopic (exact) mass is 238 g/mol. The first-order valence-electron chi connectivity index (χ1n) is 5.83. The van der Waals surface area contributed by atoms with Gasteiger partial charge in [0, 0.05) is 20.1 Å². The molecule has 0 radical (unpaired) electrons. The molecule has 0 unspecified atom stereocenters. The molecule has 1 heterocycles. The Morgan fingerprint density at radius 3 is 2.76 bits per heavy atom. The summed E-state index contributed by atoms with van der Waals surface area (Å²) in [5, 5.41) is 3.10. The second-order valence-electron chi connectivity index (χ2n) is 4.26. The predicted octanol–water partition coefficient (Wildman–Crippen LogP) is 1.11. The zero-order chi connectivity index (χ0) is 12.8. The molecule has 0 spiro atoms. The molecule has 1 aromatic rings. The number of hydrogen-bond donors (Lipinski definition) is 2. The lowest BCUT2D eigenvalue weighted by molar-refractivity contribution is 0.234. The zero-order valence-corrected chi connectivity index (χ0v) is 11.0. The van der Waals surface area contributed by atoms with Crippen LogP contribution in [-0.4, -0.2) is 38.3 Å². The number of ether oxygens (including phenoxy) is 1. The van der Waals surface area contributed by atoms with Crippen molar-refractivity contribution in [3.05, 3.63) is 12.1 Å². The highest BCUT2D eigenvalue weighted by Crippen LogP contribution is 2.23. The van der Waals surface area contributed by atoms with Crippen LogP contribution in [0.4, 0.5) is 11.5 Å². The Kier molecular flexibility index (Phi) is 5.03. The predicted molar refractivity (Wildman–Crippen MR) is 71.6 cm³/mol. The minimum atomic E-state index is 0.0719. The number of nitrogen functional groups attached to an aromatic ring is 1. The second kappa shape index (κ2) is 6.30. The quantitative estimate of drug-likeness (QED) is 0.777. The summed E-state index contributed by atoms with van der Waals surface area (Å²) in [6.07, 6.45) is 0.0719. The van der Waals surface area contributed by atoms with E-state index in [1.807, 2.05) is 40.1 Å². The van der Waals surface area contributed by atoms with Crippen LogP contribution < -0.4 is 20.7 Å². The number of anilines is 2. The van der Waals surface area contributed by atoms with Gasteiger partial charge in [-0.3, -0.25) is 0 Å². The number of hydrogen-bond acceptors (Lipinski definition) is 5. The highest BCUT2D eigenvalue weighted by molar-refractivity contribution is 5.54. The van der Waals surface area contributed by atoms with Crippen LogP contribution in [0.3, 0.4) is 0 Å². The molecule has 0 amide bonds. The maximum Gasteiger partial charge on any atom is 0.239 e. The third-order valence-electron chi connectivity index (χ3n) is 2.31. The normalized spacial score (nSPS) is 10.6. The highest BCUT2D eigenvalue weighted by atomic mass is 16.5. The van der Waals surface area contributed by atoms with E-state index in [1.165, 1.54) is 0 Å². The minimum Gasteiger partial charge on any atom is -0.473 e. The second-order valence-corrected chi connectivity index (χ2v) is 4.26. The summed E-state index contributed by atoms with van der Waals surface area (Å²) < 4.78 is 5.56.